The minimum absolute atomic E-state index is 0.546. The van der Waals surface area contributed by atoms with Crippen LogP contribution in [0.15, 0.2) is 36.4 Å². The Kier molecular flexibility index (Phi) is 5.23. The molecule has 3 nitrogen and oxygen atoms in total. The van der Waals surface area contributed by atoms with Gasteiger partial charge in [-0.3, -0.25) is 0 Å². The summed E-state index contributed by atoms with van der Waals surface area (Å²) in [6.07, 6.45) is 0. The molecule has 2 rings (SSSR count). The largest absolute Gasteiger partial charge is 0.493 e. The van der Waals surface area contributed by atoms with Crippen LogP contribution >= 0.6 is 0 Å². The van der Waals surface area contributed by atoms with Crippen molar-refractivity contribution in [3.63, 3.8) is 0 Å². The van der Waals surface area contributed by atoms with Gasteiger partial charge in [0, 0.05) is 6.54 Å². The van der Waals surface area contributed by atoms with E-state index >= 15 is 0 Å². The number of hydrogen-bond donors (Lipinski definition) is 1. The Bertz CT molecular complexity index is 588. The van der Waals surface area contributed by atoms with Gasteiger partial charge in [-0.05, 0) is 44.2 Å². The molecule has 112 valence electrons. The number of benzene rings is 2. The van der Waals surface area contributed by atoms with Crippen molar-refractivity contribution in [3.8, 4) is 11.5 Å². The number of aryl methyl sites for hydroxylation is 2. The van der Waals surface area contributed by atoms with E-state index in [4.69, 9.17) is 9.47 Å². The molecule has 0 aliphatic carbocycles. The number of methoxy groups -OCH3 is 1. The average Bonchev–Trinajstić information content (AvgIpc) is 2.45. The highest BCUT2D eigenvalue weighted by Crippen LogP contribution is 2.29. The van der Waals surface area contributed by atoms with Crippen LogP contribution in [0.3, 0.4) is 0 Å². The van der Waals surface area contributed by atoms with Gasteiger partial charge in [0.2, 0.25) is 0 Å². The van der Waals surface area contributed by atoms with Crippen LogP contribution in [0.2, 0.25) is 0 Å². The standard InChI is InChI=1S/C18H23NO2/c1-13-7-14(2)9-16(8-13)12-21-17-6-5-15(11-19-3)10-18(17)20-4/h5-10,19H,11-12H2,1-4H3. The molecule has 0 atom stereocenters. The topological polar surface area (TPSA) is 30.5 Å². The summed E-state index contributed by atoms with van der Waals surface area (Å²) in [4.78, 5) is 0. The van der Waals surface area contributed by atoms with Gasteiger partial charge in [0.1, 0.15) is 6.61 Å². The highest BCUT2D eigenvalue weighted by Gasteiger charge is 2.06. The molecule has 0 aliphatic heterocycles. The lowest BCUT2D eigenvalue weighted by Gasteiger charge is -2.13. The van der Waals surface area contributed by atoms with E-state index in [-0.39, 0.29) is 0 Å². The molecule has 0 bridgehead atoms. The zero-order valence-electron chi connectivity index (χ0n) is 13.2. The summed E-state index contributed by atoms with van der Waals surface area (Å²) >= 11 is 0. The number of hydrogen-bond acceptors (Lipinski definition) is 3. The maximum atomic E-state index is 5.91. The summed E-state index contributed by atoms with van der Waals surface area (Å²) in [5, 5.41) is 3.13. The van der Waals surface area contributed by atoms with Gasteiger partial charge in [-0.2, -0.15) is 0 Å². The maximum absolute atomic E-state index is 5.91. The fraction of sp³-hybridized carbons (Fsp3) is 0.333. The van der Waals surface area contributed by atoms with Crippen molar-refractivity contribution < 1.29 is 9.47 Å². The van der Waals surface area contributed by atoms with Gasteiger partial charge in [0.15, 0.2) is 11.5 Å². The van der Waals surface area contributed by atoms with Gasteiger partial charge < -0.3 is 14.8 Å². The maximum Gasteiger partial charge on any atom is 0.161 e. The van der Waals surface area contributed by atoms with Crippen molar-refractivity contribution in [1.29, 1.82) is 0 Å². The lowest BCUT2D eigenvalue weighted by Crippen LogP contribution is -2.05. The smallest absolute Gasteiger partial charge is 0.161 e. The highest BCUT2D eigenvalue weighted by molar-refractivity contribution is 5.43. The molecular formula is C18H23NO2. The summed E-state index contributed by atoms with van der Waals surface area (Å²) in [5.41, 5.74) is 4.86. The second-order valence-corrected chi connectivity index (χ2v) is 5.30. The minimum Gasteiger partial charge on any atom is -0.493 e. The van der Waals surface area contributed by atoms with Crippen LogP contribution < -0.4 is 14.8 Å². The van der Waals surface area contributed by atoms with Crippen LogP contribution in [0, 0.1) is 13.8 Å². The second-order valence-electron chi connectivity index (χ2n) is 5.30. The SMILES string of the molecule is CNCc1ccc(OCc2cc(C)cc(C)c2)c(OC)c1. The van der Waals surface area contributed by atoms with Crippen LogP contribution in [-0.4, -0.2) is 14.2 Å². The molecule has 21 heavy (non-hydrogen) atoms. The number of nitrogens with one attached hydrogen (secondary N) is 1. The summed E-state index contributed by atoms with van der Waals surface area (Å²) in [6, 6.07) is 12.5. The first kappa shape index (κ1) is 15.4. The third-order valence-corrected chi connectivity index (χ3v) is 3.28. The third kappa shape index (κ3) is 4.23. The van der Waals surface area contributed by atoms with E-state index in [0.717, 1.165) is 18.0 Å². The van der Waals surface area contributed by atoms with E-state index in [1.165, 1.54) is 22.3 Å². The fourth-order valence-corrected chi connectivity index (χ4v) is 2.46. The van der Waals surface area contributed by atoms with E-state index in [1.54, 1.807) is 7.11 Å². The highest BCUT2D eigenvalue weighted by atomic mass is 16.5. The first-order valence-corrected chi connectivity index (χ1v) is 7.14. The molecule has 1 N–H and O–H groups in total. The molecule has 0 saturated heterocycles. The van der Waals surface area contributed by atoms with Crippen LogP contribution in [-0.2, 0) is 13.2 Å². The van der Waals surface area contributed by atoms with E-state index in [1.807, 2.05) is 19.2 Å². The van der Waals surface area contributed by atoms with E-state index in [0.29, 0.717) is 6.61 Å². The molecule has 2 aromatic carbocycles. The van der Waals surface area contributed by atoms with E-state index in [2.05, 4.69) is 43.4 Å². The predicted molar refractivity (Wildman–Crippen MR) is 86.0 cm³/mol. The molecular weight excluding hydrogens is 262 g/mol. The van der Waals surface area contributed by atoms with Crippen molar-refractivity contribution in [3.05, 3.63) is 58.7 Å². The van der Waals surface area contributed by atoms with Crippen LogP contribution in [0.4, 0.5) is 0 Å². The molecule has 0 radical (unpaired) electrons. The minimum atomic E-state index is 0.546. The molecule has 0 aliphatic rings. The van der Waals surface area contributed by atoms with E-state index < -0.39 is 0 Å². The normalized spacial score (nSPS) is 10.5. The van der Waals surface area contributed by atoms with Gasteiger partial charge in [0.25, 0.3) is 0 Å². The first-order valence-electron chi connectivity index (χ1n) is 7.14. The molecule has 3 heteroatoms. The lowest BCUT2D eigenvalue weighted by molar-refractivity contribution is 0.284. The van der Waals surface area contributed by atoms with Crippen molar-refractivity contribution in [2.24, 2.45) is 0 Å². The summed E-state index contributed by atoms with van der Waals surface area (Å²) < 4.78 is 11.3. The van der Waals surface area contributed by atoms with Crippen LogP contribution in [0.5, 0.6) is 11.5 Å². The molecule has 0 heterocycles. The van der Waals surface area contributed by atoms with Crippen molar-refractivity contribution in [2.75, 3.05) is 14.2 Å². The molecule has 0 aromatic heterocycles. The van der Waals surface area contributed by atoms with Gasteiger partial charge in [-0.1, -0.05) is 35.4 Å². The van der Waals surface area contributed by atoms with Crippen LogP contribution in [0.25, 0.3) is 0 Å². The zero-order valence-corrected chi connectivity index (χ0v) is 13.2. The third-order valence-electron chi connectivity index (χ3n) is 3.28. The summed E-state index contributed by atoms with van der Waals surface area (Å²) in [7, 11) is 3.60. The van der Waals surface area contributed by atoms with E-state index in [9.17, 15) is 0 Å². The molecule has 0 saturated carbocycles. The predicted octanol–water partition coefficient (Wildman–Crippen LogP) is 3.61. The second kappa shape index (κ2) is 7.14. The van der Waals surface area contributed by atoms with Gasteiger partial charge >= 0.3 is 0 Å². The summed E-state index contributed by atoms with van der Waals surface area (Å²) in [5.74, 6) is 1.55. The molecule has 2 aromatic rings. The van der Waals surface area contributed by atoms with Crippen molar-refractivity contribution in [2.45, 2.75) is 27.0 Å². The number of ether oxygens (including phenoxy) is 2. The Morgan fingerprint density at radius 2 is 1.62 bits per heavy atom. The Morgan fingerprint density at radius 3 is 2.24 bits per heavy atom. The molecule has 0 fully saturated rings. The zero-order chi connectivity index (χ0) is 15.2. The molecule has 0 spiro atoms. The number of rotatable bonds is 6. The average molecular weight is 285 g/mol. The summed E-state index contributed by atoms with van der Waals surface area (Å²) in [6.45, 7) is 5.56. The van der Waals surface area contributed by atoms with Gasteiger partial charge in [-0.15, -0.1) is 0 Å². The molecule has 0 unspecified atom stereocenters. The van der Waals surface area contributed by atoms with Gasteiger partial charge in [0.05, 0.1) is 7.11 Å². The monoisotopic (exact) mass is 285 g/mol. The Labute approximate surface area is 126 Å². The molecule has 0 amide bonds. The first-order chi connectivity index (χ1) is 10.1. The van der Waals surface area contributed by atoms with Gasteiger partial charge in [-0.25, -0.2) is 0 Å². The quantitative estimate of drug-likeness (QED) is 0.879. The Balaban J connectivity index is 2.12. The lowest BCUT2D eigenvalue weighted by atomic mass is 10.1. The van der Waals surface area contributed by atoms with Crippen LogP contribution in [0.1, 0.15) is 22.3 Å². The van der Waals surface area contributed by atoms with Crippen molar-refractivity contribution >= 4 is 0 Å². The Morgan fingerprint density at radius 1 is 0.905 bits per heavy atom. The Hall–Kier alpha value is -2.00. The van der Waals surface area contributed by atoms with Crippen molar-refractivity contribution in [1.82, 2.24) is 5.32 Å². The fourth-order valence-electron chi connectivity index (χ4n) is 2.46.